The summed E-state index contributed by atoms with van der Waals surface area (Å²) in [6, 6.07) is 8.83. The Hall–Kier alpha value is -1.97. The number of rotatable bonds is 3. The topological polar surface area (TPSA) is 91.0 Å². The highest BCUT2D eigenvalue weighted by Gasteiger charge is 2.24. The standard InChI is InChI=1S/C11H12N4O2/c12-6-5-9-7-11(14-13-9)8-1-3-10(4-2-8)15(16)17/h1-4,9,11,13-14H,5,7H2. The Morgan fingerprint density at radius 3 is 2.71 bits per heavy atom. The van der Waals surface area contributed by atoms with Gasteiger partial charge < -0.3 is 0 Å². The predicted molar refractivity (Wildman–Crippen MR) is 60.7 cm³/mol. The highest BCUT2D eigenvalue weighted by Crippen LogP contribution is 2.24. The lowest BCUT2D eigenvalue weighted by Crippen LogP contribution is -2.30. The summed E-state index contributed by atoms with van der Waals surface area (Å²) in [6.07, 6.45) is 1.27. The second-order valence-corrected chi connectivity index (χ2v) is 3.98. The number of hydrogen-bond acceptors (Lipinski definition) is 5. The Morgan fingerprint density at radius 2 is 2.12 bits per heavy atom. The number of non-ortho nitro benzene ring substituents is 1. The lowest BCUT2D eigenvalue weighted by atomic mass is 10.0. The highest BCUT2D eigenvalue weighted by atomic mass is 16.6. The van der Waals surface area contributed by atoms with Gasteiger partial charge in [0, 0.05) is 24.2 Å². The SMILES string of the molecule is N#CCC1CC(c2ccc([N+](=O)[O-])cc2)NN1. The van der Waals surface area contributed by atoms with Crippen molar-refractivity contribution in [2.24, 2.45) is 0 Å². The molecule has 6 nitrogen and oxygen atoms in total. The molecule has 88 valence electrons. The number of hydrogen-bond donors (Lipinski definition) is 2. The van der Waals surface area contributed by atoms with E-state index < -0.39 is 4.92 Å². The molecule has 1 saturated heterocycles. The highest BCUT2D eigenvalue weighted by molar-refractivity contribution is 5.34. The number of nitrogens with zero attached hydrogens (tertiary/aromatic N) is 2. The van der Waals surface area contributed by atoms with E-state index in [4.69, 9.17) is 5.26 Å². The lowest BCUT2D eigenvalue weighted by molar-refractivity contribution is -0.384. The summed E-state index contributed by atoms with van der Waals surface area (Å²) in [5.74, 6) is 0. The molecule has 1 aromatic rings. The fourth-order valence-electron chi connectivity index (χ4n) is 1.91. The van der Waals surface area contributed by atoms with Gasteiger partial charge in [0.05, 0.1) is 17.4 Å². The second kappa shape index (κ2) is 4.91. The monoisotopic (exact) mass is 232 g/mol. The second-order valence-electron chi connectivity index (χ2n) is 3.98. The van der Waals surface area contributed by atoms with Crippen molar-refractivity contribution < 1.29 is 4.92 Å². The first-order chi connectivity index (χ1) is 8.20. The molecule has 0 aliphatic carbocycles. The molecular formula is C11H12N4O2. The molecule has 1 aromatic carbocycles. The van der Waals surface area contributed by atoms with Crippen molar-refractivity contribution >= 4 is 5.69 Å². The van der Waals surface area contributed by atoms with Crippen LogP contribution in [0.5, 0.6) is 0 Å². The van der Waals surface area contributed by atoms with Crippen LogP contribution >= 0.6 is 0 Å². The molecule has 2 atom stereocenters. The first-order valence-corrected chi connectivity index (χ1v) is 5.33. The molecule has 0 radical (unpaired) electrons. The molecule has 1 aliphatic heterocycles. The molecule has 17 heavy (non-hydrogen) atoms. The zero-order valence-corrected chi connectivity index (χ0v) is 9.09. The van der Waals surface area contributed by atoms with Crippen molar-refractivity contribution in [2.75, 3.05) is 0 Å². The van der Waals surface area contributed by atoms with Gasteiger partial charge in [-0.2, -0.15) is 5.26 Å². The zero-order chi connectivity index (χ0) is 12.3. The molecule has 1 heterocycles. The van der Waals surface area contributed by atoms with Crippen molar-refractivity contribution in [3.63, 3.8) is 0 Å². The Labute approximate surface area is 98.4 Å². The van der Waals surface area contributed by atoms with E-state index in [0.717, 1.165) is 12.0 Å². The van der Waals surface area contributed by atoms with Crippen LogP contribution in [0.25, 0.3) is 0 Å². The minimum atomic E-state index is -0.414. The summed E-state index contributed by atoms with van der Waals surface area (Å²) < 4.78 is 0. The van der Waals surface area contributed by atoms with Gasteiger partial charge in [0.15, 0.2) is 0 Å². The van der Waals surface area contributed by atoms with E-state index in [2.05, 4.69) is 16.9 Å². The van der Waals surface area contributed by atoms with Crippen molar-refractivity contribution in [3.8, 4) is 6.07 Å². The average Bonchev–Trinajstić information content (AvgIpc) is 2.78. The molecule has 2 rings (SSSR count). The summed E-state index contributed by atoms with van der Waals surface area (Å²) in [5.41, 5.74) is 7.20. The Balaban J connectivity index is 2.04. The molecule has 6 heteroatoms. The quantitative estimate of drug-likeness (QED) is 0.607. The van der Waals surface area contributed by atoms with E-state index in [0.29, 0.717) is 6.42 Å². The third-order valence-electron chi connectivity index (χ3n) is 2.83. The number of nitro benzene ring substituents is 1. The summed E-state index contributed by atoms with van der Waals surface area (Å²) in [4.78, 5) is 10.1. The van der Waals surface area contributed by atoms with Crippen LogP contribution in [0.1, 0.15) is 24.4 Å². The number of benzene rings is 1. The molecule has 0 spiro atoms. The van der Waals surface area contributed by atoms with Gasteiger partial charge in [-0.1, -0.05) is 12.1 Å². The third-order valence-corrected chi connectivity index (χ3v) is 2.83. The molecule has 0 bridgehead atoms. The lowest BCUT2D eigenvalue weighted by Gasteiger charge is -2.08. The van der Waals surface area contributed by atoms with Gasteiger partial charge in [-0.3, -0.25) is 15.5 Å². The van der Waals surface area contributed by atoms with Crippen molar-refractivity contribution in [2.45, 2.75) is 24.9 Å². The van der Waals surface area contributed by atoms with Crippen molar-refractivity contribution in [1.29, 1.82) is 5.26 Å². The smallest absolute Gasteiger partial charge is 0.258 e. The van der Waals surface area contributed by atoms with Gasteiger partial charge in [0.2, 0.25) is 0 Å². The third kappa shape index (κ3) is 2.58. The minimum Gasteiger partial charge on any atom is -0.258 e. The van der Waals surface area contributed by atoms with Gasteiger partial charge in [-0.05, 0) is 12.0 Å². The minimum absolute atomic E-state index is 0.0910. The molecule has 0 amide bonds. The Kier molecular flexibility index (Phi) is 3.32. The van der Waals surface area contributed by atoms with Crippen LogP contribution in [0.15, 0.2) is 24.3 Å². The Bertz CT molecular complexity index is 452. The summed E-state index contributed by atoms with van der Waals surface area (Å²) in [5, 5.41) is 19.1. The van der Waals surface area contributed by atoms with E-state index in [9.17, 15) is 10.1 Å². The van der Waals surface area contributed by atoms with Gasteiger partial charge in [0.1, 0.15) is 0 Å². The van der Waals surface area contributed by atoms with E-state index in [-0.39, 0.29) is 17.8 Å². The maximum absolute atomic E-state index is 10.5. The molecule has 0 aromatic heterocycles. The van der Waals surface area contributed by atoms with Crippen LogP contribution in [0, 0.1) is 21.4 Å². The molecule has 2 unspecified atom stereocenters. The number of nitrogens with one attached hydrogen (secondary N) is 2. The van der Waals surface area contributed by atoms with E-state index in [1.165, 1.54) is 12.1 Å². The summed E-state index contributed by atoms with van der Waals surface area (Å²) in [6.45, 7) is 0. The molecule has 2 N–H and O–H groups in total. The predicted octanol–water partition coefficient (Wildman–Crippen LogP) is 1.42. The van der Waals surface area contributed by atoms with Gasteiger partial charge in [-0.15, -0.1) is 0 Å². The van der Waals surface area contributed by atoms with E-state index in [1.54, 1.807) is 12.1 Å². The van der Waals surface area contributed by atoms with Crippen LogP contribution in [0.3, 0.4) is 0 Å². The van der Waals surface area contributed by atoms with Crippen molar-refractivity contribution in [3.05, 3.63) is 39.9 Å². The van der Waals surface area contributed by atoms with Crippen molar-refractivity contribution in [1.82, 2.24) is 10.9 Å². The first-order valence-electron chi connectivity index (χ1n) is 5.33. The number of nitriles is 1. The largest absolute Gasteiger partial charge is 0.269 e. The average molecular weight is 232 g/mol. The summed E-state index contributed by atoms with van der Waals surface area (Å²) >= 11 is 0. The van der Waals surface area contributed by atoms with E-state index >= 15 is 0 Å². The zero-order valence-electron chi connectivity index (χ0n) is 9.09. The molecule has 1 fully saturated rings. The fourth-order valence-corrected chi connectivity index (χ4v) is 1.91. The summed E-state index contributed by atoms with van der Waals surface area (Å²) in [7, 11) is 0. The maximum Gasteiger partial charge on any atom is 0.269 e. The van der Waals surface area contributed by atoms with Crippen LogP contribution in [0.4, 0.5) is 5.69 Å². The van der Waals surface area contributed by atoms with Gasteiger partial charge >= 0.3 is 0 Å². The molecular weight excluding hydrogens is 220 g/mol. The van der Waals surface area contributed by atoms with Gasteiger partial charge in [0.25, 0.3) is 5.69 Å². The first kappa shape index (κ1) is 11.5. The fraction of sp³-hybridized carbons (Fsp3) is 0.364. The molecule has 1 aliphatic rings. The Morgan fingerprint density at radius 1 is 1.41 bits per heavy atom. The van der Waals surface area contributed by atoms with Gasteiger partial charge in [-0.25, -0.2) is 5.43 Å². The van der Waals surface area contributed by atoms with Crippen LogP contribution in [0.2, 0.25) is 0 Å². The normalized spacial score (nSPS) is 23.2. The maximum atomic E-state index is 10.5. The molecule has 0 saturated carbocycles. The number of nitro groups is 1. The van der Waals surface area contributed by atoms with E-state index in [1.807, 2.05) is 0 Å². The van der Waals surface area contributed by atoms with Crippen LogP contribution in [-0.4, -0.2) is 11.0 Å². The van der Waals surface area contributed by atoms with Crippen LogP contribution in [-0.2, 0) is 0 Å². The number of hydrazine groups is 1. The van der Waals surface area contributed by atoms with Crippen LogP contribution < -0.4 is 10.9 Å².